The first-order valence-electron chi connectivity index (χ1n) is 8.26. The topological polar surface area (TPSA) is 87.8 Å². The molecule has 1 aromatic rings. The van der Waals surface area contributed by atoms with Crippen LogP contribution >= 0.6 is 24.0 Å². The lowest BCUT2D eigenvalue weighted by molar-refractivity contribution is 0.126. The second-order valence-electron chi connectivity index (χ2n) is 5.70. The van der Waals surface area contributed by atoms with Crippen molar-refractivity contribution in [2.75, 3.05) is 39.9 Å². The molecule has 0 spiro atoms. The van der Waals surface area contributed by atoms with Crippen LogP contribution in [0.2, 0.25) is 0 Å². The van der Waals surface area contributed by atoms with Crippen molar-refractivity contribution in [2.24, 2.45) is 4.99 Å². The van der Waals surface area contributed by atoms with Gasteiger partial charge in [0.15, 0.2) is 11.8 Å². The molecule has 0 aliphatic carbocycles. The molecule has 0 saturated carbocycles. The summed E-state index contributed by atoms with van der Waals surface area (Å²) in [7, 11) is 1.75. The first-order chi connectivity index (χ1) is 11.2. The number of guanidine groups is 1. The molecule has 9 heteroatoms. The van der Waals surface area contributed by atoms with Crippen LogP contribution in [0.4, 0.5) is 0 Å². The normalized spacial score (nSPS) is 19.0. The zero-order valence-corrected chi connectivity index (χ0v) is 17.1. The molecule has 0 amide bonds. The number of aromatic nitrogens is 2. The van der Waals surface area contributed by atoms with Gasteiger partial charge in [0.1, 0.15) is 6.54 Å². The van der Waals surface area contributed by atoms with Gasteiger partial charge >= 0.3 is 0 Å². The molecule has 1 unspecified atom stereocenters. The minimum atomic E-state index is 0. The average molecular weight is 452 g/mol. The van der Waals surface area contributed by atoms with Crippen LogP contribution in [-0.4, -0.2) is 66.9 Å². The van der Waals surface area contributed by atoms with Crippen molar-refractivity contribution < 1.29 is 9.26 Å². The fraction of sp³-hybridized carbons (Fsp3) is 0.800. The molecule has 1 aliphatic rings. The van der Waals surface area contributed by atoms with Gasteiger partial charge in [-0.2, -0.15) is 4.98 Å². The van der Waals surface area contributed by atoms with Crippen molar-refractivity contribution >= 4 is 29.9 Å². The number of hydrogen-bond donors (Lipinski definition) is 2. The van der Waals surface area contributed by atoms with Crippen LogP contribution in [0.25, 0.3) is 0 Å². The van der Waals surface area contributed by atoms with E-state index < -0.39 is 0 Å². The zero-order valence-electron chi connectivity index (χ0n) is 14.7. The Morgan fingerprint density at radius 1 is 1.50 bits per heavy atom. The molecule has 1 saturated heterocycles. The highest BCUT2D eigenvalue weighted by Crippen LogP contribution is 2.09. The lowest BCUT2D eigenvalue weighted by Gasteiger charge is -2.33. The number of aliphatic imine (C=N–C) groups is 1. The van der Waals surface area contributed by atoms with Gasteiger partial charge in [-0.3, -0.25) is 4.90 Å². The van der Waals surface area contributed by atoms with E-state index in [1.165, 1.54) is 6.42 Å². The number of likely N-dealkylation sites (tertiary alicyclic amines) is 1. The molecule has 2 heterocycles. The minimum absolute atomic E-state index is 0. The second-order valence-corrected chi connectivity index (χ2v) is 5.70. The zero-order chi connectivity index (χ0) is 16.5. The Labute approximate surface area is 160 Å². The summed E-state index contributed by atoms with van der Waals surface area (Å²) in [5, 5.41) is 10.7. The quantitative estimate of drug-likeness (QED) is 0.365. The van der Waals surface area contributed by atoms with Gasteiger partial charge < -0.3 is 19.9 Å². The number of ether oxygens (including phenoxy) is 1. The molecule has 24 heavy (non-hydrogen) atoms. The summed E-state index contributed by atoms with van der Waals surface area (Å²) in [4.78, 5) is 11.1. The van der Waals surface area contributed by atoms with E-state index in [1.54, 1.807) is 14.0 Å². The van der Waals surface area contributed by atoms with E-state index in [1.807, 2.05) is 0 Å². The van der Waals surface area contributed by atoms with E-state index in [2.05, 4.69) is 37.6 Å². The molecule has 0 bridgehead atoms. The smallest absolute Gasteiger partial charge is 0.223 e. The third-order valence-electron chi connectivity index (χ3n) is 3.75. The van der Waals surface area contributed by atoms with Crippen molar-refractivity contribution in [2.45, 2.75) is 39.3 Å². The van der Waals surface area contributed by atoms with Crippen LogP contribution < -0.4 is 10.6 Å². The Hall–Kier alpha value is -0.940. The number of nitrogens with zero attached hydrogens (tertiary/aromatic N) is 4. The highest BCUT2D eigenvalue weighted by molar-refractivity contribution is 14.0. The highest BCUT2D eigenvalue weighted by Gasteiger charge is 2.20. The number of aryl methyl sites for hydroxylation is 1. The second kappa shape index (κ2) is 11.6. The fourth-order valence-electron chi connectivity index (χ4n) is 2.67. The van der Waals surface area contributed by atoms with E-state index in [9.17, 15) is 0 Å². The maximum absolute atomic E-state index is 5.17. The maximum Gasteiger partial charge on any atom is 0.223 e. The van der Waals surface area contributed by atoms with Gasteiger partial charge in [-0.25, -0.2) is 4.99 Å². The van der Waals surface area contributed by atoms with Crippen LogP contribution in [0, 0.1) is 6.92 Å². The molecule has 1 aliphatic heterocycles. The third-order valence-corrected chi connectivity index (χ3v) is 3.75. The van der Waals surface area contributed by atoms with E-state index in [4.69, 9.17) is 9.26 Å². The molecule has 138 valence electrons. The minimum Gasteiger partial charge on any atom is -0.383 e. The SMILES string of the molecule is CCNC(=NCc1noc(C)n1)NC1CCCN(CCOC)C1.I. The largest absolute Gasteiger partial charge is 0.383 e. The van der Waals surface area contributed by atoms with Gasteiger partial charge in [0.2, 0.25) is 5.89 Å². The Morgan fingerprint density at radius 2 is 2.33 bits per heavy atom. The summed E-state index contributed by atoms with van der Waals surface area (Å²) in [5.41, 5.74) is 0. The Bertz CT molecular complexity index is 496. The summed E-state index contributed by atoms with van der Waals surface area (Å²) in [6.45, 7) is 8.96. The number of nitrogens with one attached hydrogen (secondary N) is 2. The van der Waals surface area contributed by atoms with E-state index in [-0.39, 0.29) is 24.0 Å². The van der Waals surface area contributed by atoms with Gasteiger partial charge in [0.25, 0.3) is 0 Å². The van der Waals surface area contributed by atoms with Crippen LogP contribution in [0.5, 0.6) is 0 Å². The fourth-order valence-corrected chi connectivity index (χ4v) is 2.67. The van der Waals surface area contributed by atoms with E-state index in [0.29, 0.717) is 24.3 Å². The summed E-state index contributed by atoms with van der Waals surface area (Å²) < 4.78 is 10.1. The van der Waals surface area contributed by atoms with Crippen molar-refractivity contribution in [3.63, 3.8) is 0 Å². The monoisotopic (exact) mass is 452 g/mol. The standard InChI is InChI=1S/C15H28N6O2.HI/c1-4-16-15(17-10-14-18-12(2)23-20-14)19-13-6-5-7-21(11-13)8-9-22-3;/h13H,4-11H2,1-3H3,(H2,16,17,19);1H. The summed E-state index contributed by atoms with van der Waals surface area (Å²) in [6.07, 6.45) is 2.33. The molecule has 0 radical (unpaired) electrons. The molecular weight excluding hydrogens is 423 g/mol. The molecule has 2 rings (SSSR count). The number of halogens is 1. The van der Waals surface area contributed by atoms with Gasteiger partial charge in [-0.1, -0.05) is 5.16 Å². The third kappa shape index (κ3) is 7.31. The number of rotatable bonds is 7. The van der Waals surface area contributed by atoms with Crippen molar-refractivity contribution in [1.82, 2.24) is 25.7 Å². The molecule has 1 fully saturated rings. The lowest BCUT2D eigenvalue weighted by Crippen LogP contribution is -2.51. The van der Waals surface area contributed by atoms with Gasteiger partial charge in [-0.15, -0.1) is 24.0 Å². The van der Waals surface area contributed by atoms with Crippen LogP contribution in [0.15, 0.2) is 9.52 Å². The Kier molecular flexibility index (Phi) is 10.2. The predicted octanol–water partition coefficient (Wildman–Crippen LogP) is 1.16. The molecule has 8 nitrogen and oxygen atoms in total. The maximum atomic E-state index is 5.17. The summed E-state index contributed by atoms with van der Waals surface area (Å²) in [5.74, 6) is 1.97. The van der Waals surface area contributed by atoms with Crippen LogP contribution in [-0.2, 0) is 11.3 Å². The Morgan fingerprint density at radius 3 is 3.00 bits per heavy atom. The van der Waals surface area contributed by atoms with Crippen molar-refractivity contribution in [3.05, 3.63) is 11.7 Å². The molecular formula is C15H29IN6O2. The summed E-state index contributed by atoms with van der Waals surface area (Å²) in [6, 6.07) is 0.394. The average Bonchev–Trinajstić information content (AvgIpc) is 2.97. The highest BCUT2D eigenvalue weighted by atomic mass is 127. The summed E-state index contributed by atoms with van der Waals surface area (Å²) >= 11 is 0. The molecule has 0 aromatic carbocycles. The van der Waals surface area contributed by atoms with E-state index in [0.717, 1.165) is 45.2 Å². The molecule has 1 aromatic heterocycles. The van der Waals surface area contributed by atoms with Crippen LogP contribution in [0.3, 0.4) is 0 Å². The molecule has 2 N–H and O–H groups in total. The number of hydrogen-bond acceptors (Lipinski definition) is 6. The number of piperidine rings is 1. The molecule has 1 atom stereocenters. The van der Waals surface area contributed by atoms with Gasteiger partial charge in [-0.05, 0) is 26.3 Å². The Balaban J connectivity index is 0.00000288. The van der Waals surface area contributed by atoms with E-state index >= 15 is 0 Å². The first-order valence-corrected chi connectivity index (χ1v) is 8.26. The predicted molar refractivity (Wildman–Crippen MR) is 104 cm³/mol. The number of methoxy groups -OCH3 is 1. The van der Waals surface area contributed by atoms with Crippen molar-refractivity contribution in [1.29, 1.82) is 0 Å². The van der Waals surface area contributed by atoms with Gasteiger partial charge in [0.05, 0.1) is 6.61 Å². The van der Waals surface area contributed by atoms with Crippen molar-refractivity contribution in [3.8, 4) is 0 Å². The lowest BCUT2D eigenvalue weighted by atomic mass is 10.1. The van der Waals surface area contributed by atoms with Gasteiger partial charge in [0, 0.05) is 39.7 Å². The van der Waals surface area contributed by atoms with Crippen LogP contribution in [0.1, 0.15) is 31.5 Å². The first kappa shape index (κ1) is 21.1.